The van der Waals surface area contributed by atoms with E-state index in [1.165, 1.54) is 0 Å². The fourth-order valence-corrected chi connectivity index (χ4v) is 6.00. The molecule has 9 heteroatoms. The number of rotatable bonds is 9. The van der Waals surface area contributed by atoms with Crippen molar-refractivity contribution in [1.82, 2.24) is 9.80 Å². The molecule has 1 unspecified atom stereocenters. The Balaban J connectivity index is 1.58. The predicted molar refractivity (Wildman–Crippen MR) is 169 cm³/mol. The number of ether oxygens (including phenoxy) is 2. The van der Waals surface area contributed by atoms with Gasteiger partial charge in [-0.2, -0.15) is 0 Å². The number of fused-ring (bicyclic) bond motifs is 1. The number of esters is 1. The summed E-state index contributed by atoms with van der Waals surface area (Å²) in [5, 5.41) is 2.88. The second-order valence-corrected chi connectivity index (χ2v) is 14.0. The Bertz CT molecular complexity index is 1330. The van der Waals surface area contributed by atoms with Crippen LogP contribution in [0.4, 0.5) is 10.5 Å². The van der Waals surface area contributed by atoms with E-state index in [9.17, 15) is 19.2 Å². The van der Waals surface area contributed by atoms with Gasteiger partial charge in [0.1, 0.15) is 11.2 Å². The summed E-state index contributed by atoms with van der Waals surface area (Å²) >= 11 is 0. The lowest BCUT2D eigenvalue weighted by Gasteiger charge is -2.33. The molecule has 1 N–H and O–H groups in total. The first-order valence-corrected chi connectivity index (χ1v) is 15.6. The number of hydrogen-bond donors (Lipinski definition) is 1. The zero-order chi connectivity index (χ0) is 32.1. The molecule has 2 aromatic carbocycles. The van der Waals surface area contributed by atoms with Crippen LogP contribution in [0.25, 0.3) is 0 Å². The van der Waals surface area contributed by atoms with Crippen molar-refractivity contribution >= 4 is 29.6 Å². The molecule has 44 heavy (non-hydrogen) atoms. The summed E-state index contributed by atoms with van der Waals surface area (Å²) in [7, 11) is 0. The molecule has 2 aliphatic rings. The predicted octanol–water partition coefficient (Wildman–Crippen LogP) is 5.79. The summed E-state index contributed by atoms with van der Waals surface area (Å²) in [6, 6.07) is 17.5. The smallest absolute Gasteiger partial charge is 0.410 e. The van der Waals surface area contributed by atoms with E-state index in [1.54, 1.807) is 9.80 Å². The molecule has 0 spiro atoms. The molecule has 0 aromatic heterocycles. The van der Waals surface area contributed by atoms with Crippen LogP contribution in [0.5, 0.6) is 0 Å². The van der Waals surface area contributed by atoms with Crippen molar-refractivity contribution in [2.45, 2.75) is 84.3 Å². The van der Waals surface area contributed by atoms with Gasteiger partial charge in [-0.15, -0.1) is 0 Å². The quantitative estimate of drug-likeness (QED) is 0.363. The lowest BCUT2D eigenvalue weighted by molar-refractivity contribution is -0.155. The molecule has 4 rings (SSSR count). The largest absolute Gasteiger partial charge is 0.460 e. The number of carbonyl (C=O) groups excluding carboxylic acids is 4. The van der Waals surface area contributed by atoms with Gasteiger partial charge in [0.25, 0.3) is 0 Å². The van der Waals surface area contributed by atoms with E-state index in [1.807, 2.05) is 84.0 Å². The number of nitrogens with one attached hydrogen (secondary N) is 1. The molecular weight excluding hydrogens is 558 g/mol. The van der Waals surface area contributed by atoms with E-state index in [0.717, 1.165) is 17.5 Å². The van der Waals surface area contributed by atoms with Crippen molar-refractivity contribution in [3.05, 3.63) is 65.7 Å². The first-order chi connectivity index (χ1) is 20.7. The van der Waals surface area contributed by atoms with Crippen LogP contribution >= 0.6 is 0 Å². The summed E-state index contributed by atoms with van der Waals surface area (Å²) in [4.78, 5) is 56.1. The molecule has 0 saturated carbocycles. The van der Waals surface area contributed by atoms with Crippen LogP contribution in [0.1, 0.15) is 77.8 Å². The second kappa shape index (κ2) is 13.8. The molecule has 0 aliphatic carbocycles. The first-order valence-electron chi connectivity index (χ1n) is 15.6. The monoisotopic (exact) mass is 605 g/mol. The summed E-state index contributed by atoms with van der Waals surface area (Å²) in [5.41, 5.74) is 1.38. The lowest BCUT2D eigenvalue weighted by Crippen LogP contribution is -2.43. The third kappa shape index (κ3) is 9.31. The van der Waals surface area contributed by atoms with Crippen LogP contribution in [-0.2, 0) is 30.3 Å². The van der Waals surface area contributed by atoms with Gasteiger partial charge in [-0.1, -0.05) is 48.5 Å². The highest BCUT2D eigenvalue weighted by molar-refractivity contribution is 6.01. The minimum Gasteiger partial charge on any atom is -0.460 e. The van der Waals surface area contributed by atoms with E-state index < -0.39 is 17.1 Å². The minimum atomic E-state index is -0.627. The number of nitrogens with zero attached hydrogens (tertiary/aromatic N) is 2. The molecule has 2 aromatic rings. The van der Waals surface area contributed by atoms with Crippen molar-refractivity contribution < 1.29 is 28.7 Å². The zero-order valence-corrected chi connectivity index (χ0v) is 26.9. The average molecular weight is 606 g/mol. The molecule has 1 fully saturated rings. The highest BCUT2D eigenvalue weighted by atomic mass is 16.6. The molecule has 3 atom stereocenters. The van der Waals surface area contributed by atoms with Gasteiger partial charge in [0.15, 0.2) is 0 Å². The number of amides is 3. The standard InChI is InChI=1S/C35H47N3O6/c1-34(2,3)43-31(40)17-12-18-37(32(41)28-20-30(39)36-29-16-11-10-15-27(28)29)22-26-23-38(33(42)44-35(4,5)6)21-25(26)19-24-13-8-7-9-14-24/h7-11,13-16,25-26,28H,12,17-23H2,1-6H3,(H,36,39)/t25-,26-,28?/m1/s1. The van der Waals surface area contributed by atoms with Gasteiger partial charge >= 0.3 is 12.1 Å². The molecule has 238 valence electrons. The molecule has 2 heterocycles. The van der Waals surface area contributed by atoms with Crippen LogP contribution in [0.2, 0.25) is 0 Å². The second-order valence-electron chi connectivity index (χ2n) is 14.0. The SMILES string of the molecule is CC(C)(C)OC(=O)CCCN(C[C@@H]1CN(C(=O)OC(C)(C)C)C[C@H]1Cc1ccccc1)C(=O)C1CC(=O)Nc2ccccc21. The van der Waals surface area contributed by atoms with Crippen LogP contribution in [0, 0.1) is 11.8 Å². The van der Waals surface area contributed by atoms with Gasteiger partial charge in [-0.25, -0.2) is 4.79 Å². The van der Waals surface area contributed by atoms with E-state index in [2.05, 4.69) is 17.4 Å². The molecule has 0 bridgehead atoms. The van der Waals surface area contributed by atoms with Gasteiger partial charge in [0, 0.05) is 44.7 Å². The van der Waals surface area contributed by atoms with Crippen molar-refractivity contribution in [1.29, 1.82) is 0 Å². The molecule has 9 nitrogen and oxygen atoms in total. The van der Waals surface area contributed by atoms with Crippen molar-refractivity contribution in [2.75, 3.05) is 31.5 Å². The topological polar surface area (TPSA) is 105 Å². The Morgan fingerprint density at radius 2 is 1.52 bits per heavy atom. The van der Waals surface area contributed by atoms with Crippen LogP contribution in [0.3, 0.4) is 0 Å². The molecule has 1 saturated heterocycles. The highest BCUT2D eigenvalue weighted by Crippen LogP contribution is 2.35. The Labute approximate surface area is 261 Å². The van der Waals surface area contributed by atoms with Crippen molar-refractivity contribution in [3.63, 3.8) is 0 Å². The summed E-state index contributed by atoms with van der Waals surface area (Å²) in [6.07, 6.45) is 1.04. The van der Waals surface area contributed by atoms with Gasteiger partial charge < -0.3 is 24.6 Å². The van der Waals surface area contributed by atoms with Gasteiger partial charge in [-0.3, -0.25) is 14.4 Å². The van der Waals surface area contributed by atoms with Gasteiger partial charge in [0.05, 0.1) is 5.92 Å². The number of hydrogen-bond acceptors (Lipinski definition) is 6. The third-order valence-electron chi connectivity index (χ3n) is 7.86. The van der Waals surface area contributed by atoms with Crippen LogP contribution < -0.4 is 5.32 Å². The van der Waals surface area contributed by atoms with E-state index in [-0.39, 0.29) is 48.6 Å². The Morgan fingerprint density at radius 1 is 0.886 bits per heavy atom. The maximum atomic E-state index is 14.3. The zero-order valence-electron chi connectivity index (χ0n) is 26.9. The molecular formula is C35H47N3O6. The minimum absolute atomic E-state index is 0.0270. The Morgan fingerprint density at radius 3 is 2.20 bits per heavy atom. The summed E-state index contributed by atoms with van der Waals surface area (Å²) in [5.74, 6) is -1.22. The molecule has 3 amide bonds. The Hall–Kier alpha value is -3.88. The maximum Gasteiger partial charge on any atom is 0.410 e. The van der Waals surface area contributed by atoms with Crippen molar-refractivity contribution in [3.8, 4) is 0 Å². The van der Waals surface area contributed by atoms with E-state index in [0.29, 0.717) is 38.3 Å². The number of para-hydroxylation sites is 1. The van der Waals surface area contributed by atoms with E-state index >= 15 is 0 Å². The van der Waals surface area contributed by atoms with Crippen LogP contribution in [0.15, 0.2) is 54.6 Å². The molecule has 0 radical (unpaired) electrons. The van der Waals surface area contributed by atoms with Crippen molar-refractivity contribution in [2.24, 2.45) is 11.8 Å². The lowest BCUT2D eigenvalue weighted by atomic mass is 9.87. The number of likely N-dealkylation sites (tertiary alicyclic amines) is 1. The average Bonchev–Trinajstić information content (AvgIpc) is 3.32. The number of carbonyl (C=O) groups is 4. The van der Waals surface area contributed by atoms with Crippen LogP contribution in [-0.4, -0.2) is 71.1 Å². The highest BCUT2D eigenvalue weighted by Gasteiger charge is 2.40. The van der Waals surface area contributed by atoms with Gasteiger partial charge in [0.2, 0.25) is 11.8 Å². The number of anilines is 1. The summed E-state index contributed by atoms with van der Waals surface area (Å²) in [6.45, 7) is 12.7. The van der Waals surface area contributed by atoms with Gasteiger partial charge in [-0.05, 0) is 83.4 Å². The Kier molecular flexibility index (Phi) is 10.4. The third-order valence-corrected chi connectivity index (χ3v) is 7.86. The summed E-state index contributed by atoms with van der Waals surface area (Å²) < 4.78 is 11.2. The fourth-order valence-electron chi connectivity index (χ4n) is 6.00. The number of benzene rings is 2. The molecule has 2 aliphatic heterocycles. The normalized spacial score (nSPS) is 20.0. The van der Waals surface area contributed by atoms with E-state index in [4.69, 9.17) is 9.47 Å². The maximum absolute atomic E-state index is 14.3. The first kappa shape index (κ1) is 33.0. The fraction of sp³-hybridized carbons (Fsp3) is 0.543.